The fraction of sp³-hybridized carbons (Fsp3) is 0.562. The van der Waals surface area contributed by atoms with Crippen LogP contribution in [0.2, 0.25) is 0 Å². The average molecular weight is 270 g/mol. The van der Waals surface area contributed by atoms with Crippen LogP contribution in [0.5, 0.6) is 0 Å². The van der Waals surface area contributed by atoms with Crippen molar-refractivity contribution >= 4 is 14.1 Å². The molecular formula is C16H24LiOP. The molecule has 0 radical (unpaired) electrons. The van der Waals surface area contributed by atoms with Gasteiger partial charge in [-0.3, -0.25) is 4.79 Å². The standard InChI is InChI=1S/C16H23OP.Li.H/c1-11-9-10-12(2)15(13(11)3)16(17)18-14-7-5-4-6-8-14;;/h9-10,14,18H,4-8H2,1-3H3;;/q;+1;-1. The Balaban J connectivity index is 0.00000180. The Morgan fingerprint density at radius 2 is 1.68 bits per heavy atom. The van der Waals surface area contributed by atoms with Gasteiger partial charge in [-0.1, -0.05) is 31.4 Å². The molecule has 19 heavy (non-hydrogen) atoms. The fourth-order valence-corrected chi connectivity index (χ4v) is 4.40. The van der Waals surface area contributed by atoms with Gasteiger partial charge in [0.15, 0.2) is 5.52 Å². The van der Waals surface area contributed by atoms with Crippen molar-refractivity contribution in [1.82, 2.24) is 0 Å². The van der Waals surface area contributed by atoms with E-state index >= 15 is 0 Å². The molecule has 1 saturated carbocycles. The minimum Gasteiger partial charge on any atom is -1.00 e. The zero-order valence-electron chi connectivity index (χ0n) is 13.7. The zero-order chi connectivity index (χ0) is 13.1. The van der Waals surface area contributed by atoms with E-state index in [9.17, 15) is 4.79 Å². The molecule has 0 aliphatic heterocycles. The van der Waals surface area contributed by atoms with Crippen molar-refractivity contribution in [2.75, 3.05) is 0 Å². The van der Waals surface area contributed by atoms with Crippen LogP contribution in [0.3, 0.4) is 0 Å². The van der Waals surface area contributed by atoms with Crippen LogP contribution in [0.4, 0.5) is 0 Å². The number of hydrogen-bond donors (Lipinski definition) is 0. The van der Waals surface area contributed by atoms with Crippen LogP contribution in [0.25, 0.3) is 0 Å². The molecule has 1 unspecified atom stereocenters. The summed E-state index contributed by atoms with van der Waals surface area (Å²) in [5, 5.41) is 0. The van der Waals surface area contributed by atoms with Crippen molar-refractivity contribution in [3.8, 4) is 0 Å². The molecule has 0 saturated heterocycles. The van der Waals surface area contributed by atoms with Gasteiger partial charge in [0, 0.05) is 5.56 Å². The minimum absolute atomic E-state index is 0. The molecule has 1 aromatic rings. The summed E-state index contributed by atoms with van der Waals surface area (Å²) in [4.78, 5) is 12.5. The van der Waals surface area contributed by atoms with Crippen molar-refractivity contribution in [2.45, 2.75) is 58.5 Å². The second-order valence-corrected chi connectivity index (χ2v) is 7.07. The van der Waals surface area contributed by atoms with Gasteiger partial charge in [-0.15, -0.1) is 0 Å². The fourth-order valence-electron chi connectivity index (χ4n) is 2.81. The molecule has 1 atom stereocenters. The Morgan fingerprint density at radius 3 is 2.32 bits per heavy atom. The maximum absolute atomic E-state index is 12.5. The minimum atomic E-state index is 0. The Kier molecular flexibility index (Phi) is 6.82. The van der Waals surface area contributed by atoms with Gasteiger partial charge in [-0.2, -0.15) is 0 Å². The van der Waals surface area contributed by atoms with Crippen molar-refractivity contribution in [2.24, 2.45) is 0 Å². The maximum Gasteiger partial charge on any atom is 1.00 e. The monoisotopic (exact) mass is 270 g/mol. The molecule has 0 bridgehead atoms. The van der Waals surface area contributed by atoms with E-state index in [1.54, 1.807) is 0 Å². The quantitative estimate of drug-likeness (QED) is 0.605. The largest absolute Gasteiger partial charge is 1.00 e. The van der Waals surface area contributed by atoms with Crippen LogP contribution >= 0.6 is 8.58 Å². The Hall–Kier alpha value is -0.0826. The number of aryl methyl sites for hydroxylation is 2. The summed E-state index contributed by atoms with van der Waals surface area (Å²) >= 11 is 0. The molecule has 0 heterocycles. The van der Waals surface area contributed by atoms with Crippen LogP contribution in [0.1, 0.15) is 60.6 Å². The molecule has 3 heteroatoms. The van der Waals surface area contributed by atoms with Gasteiger partial charge in [0.05, 0.1) is 0 Å². The molecule has 0 aromatic heterocycles. The molecule has 100 valence electrons. The molecule has 1 aliphatic rings. The zero-order valence-corrected chi connectivity index (χ0v) is 13.7. The average Bonchev–Trinajstić information content (AvgIpc) is 2.36. The van der Waals surface area contributed by atoms with E-state index in [0.717, 1.165) is 11.1 Å². The van der Waals surface area contributed by atoms with Crippen molar-refractivity contribution in [3.05, 3.63) is 34.4 Å². The third-order valence-corrected chi connectivity index (χ3v) is 5.61. The van der Waals surface area contributed by atoms with E-state index in [2.05, 4.69) is 32.9 Å². The second-order valence-electron chi connectivity index (χ2n) is 5.51. The predicted molar refractivity (Wildman–Crippen MR) is 81.3 cm³/mol. The van der Waals surface area contributed by atoms with E-state index in [1.165, 1.54) is 43.2 Å². The summed E-state index contributed by atoms with van der Waals surface area (Å²) < 4.78 is 0. The Morgan fingerprint density at radius 1 is 1.11 bits per heavy atom. The summed E-state index contributed by atoms with van der Waals surface area (Å²) in [5.74, 6) is 0. The Bertz CT molecular complexity index is 456. The summed E-state index contributed by atoms with van der Waals surface area (Å²) in [6, 6.07) is 4.20. The third kappa shape index (κ3) is 4.19. The Labute approximate surface area is 132 Å². The van der Waals surface area contributed by atoms with Gasteiger partial charge >= 0.3 is 18.9 Å². The first-order valence-electron chi connectivity index (χ1n) is 6.97. The summed E-state index contributed by atoms with van der Waals surface area (Å²) in [5.41, 5.74) is 5.61. The molecule has 0 N–H and O–H groups in total. The molecule has 1 fully saturated rings. The van der Waals surface area contributed by atoms with E-state index in [-0.39, 0.29) is 20.3 Å². The molecule has 0 spiro atoms. The SMILES string of the molecule is Cc1ccc(C)c(C(=O)PC2CCCCC2)c1C.[H-].[Li+]. The molecule has 1 aliphatic carbocycles. The number of carbonyl (C=O) groups is 1. The summed E-state index contributed by atoms with van der Waals surface area (Å²) in [7, 11) is 0.483. The summed E-state index contributed by atoms with van der Waals surface area (Å²) in [6.07, 6.45) is 6.51. The smallest absolute Gasteiger partial charge is 1.00 e. The number of rotatable bonds is 3. The predicted octanol–water partition coefficient (Wildman–Crippen LogP) is 1.88. The van der Waals surface area contributed by atoms with Crippen molar-refractivity contribution < 1.29 is 25.1 Å². The first-order valence-corrected chi connectivity index (χ1v) is 8.05. The van der Waals surface area contributed by atoms with E-state index in [0.29, 0.717) is 19.8 Å². The van der Waals surface area contributed by atoms with Crippen LogP contribution < -0.4 is 18.9 Å². The van der Waals surface area contributed by atoms with Crippen LogP contribution in [-0.4, -0.2) is 11.2 Å². The molecule has 1 aromatic carbocycles. The third-order valence-electron chi connectivity index (χ3n) is 4.11. The maximum atomic E-state index is 12.5. The van der Waals surface area contributed by atoms with Crippen LogP contribution in [-0.2, 0) is 0 Å². The van der Waals surface area contributed by atoms with Crippen molar-refractivity contribution in [1.29, 1.82) is 0 Å². The van der Waals surface area contributed by atoms with Gasteiger partial charge in [-0.05, 0) is 64.5 Å². The van der Waals surface area contributed by atoms with Gasteiger partial charge in [0.2, 0.25) is 0 Å². The van der Waals surface area contributed by atoms with Crippen LogP contribution in [0.15, 0.2) is 12.1 Å². The molecule has 2 rings (SSSR count). The number of benzene rings is 1. The van der Waals surface area contributed by atoms with Gasteiger partial charge in [0.1, 0.15) is 0 Å². The first kappa shape index (κ1) is 17.0. The van der Waals surface area contributed by atoms with Crippen molar-refractivity contribution in [3.63, 3.8) is 0 Å². The van der Waals surface area contributed by atoms with Gasteiger partial charge < -0.3 is 1.43 Å². The van der Waals surface area contributed by atoms with Gasteiger partial charge in [0.25, 0.3) is 0 Å². The normalized spacial score (nSPS) is 16.6. The number of carbonyl (C=O) groups excluding carboxylic acids is 1. The first-order chi connectivity index (χ1) is 8.59. The van der Waals surface area contributed by atoms with E-state index in [1.807, 2.05) is 0 Å². The number of hydrogen-bond acceptors (Lipinski definition) is 1. The molecule has 0 amide bonds. The topological polar surface area (TPSA) is 17.1 Å². The van der Waals surface area contributed by atoms with E-state index < -0.39 is 0 Å². The van der Waals surface area contributed by atoms with E-state index in [4.69, 9.17) is 0 Å². The van der Waals surface area contributed by atoms with Gasteiger partial charge in [-0.25, -0.2) is 0 Å². The summed E-state index contributed by atoms with van der Waals surface area (Å²) in [6.45, 7) is 6.24. The molecular weight excluding hydrogens is 246 g/mol. The van der Waals surface area contributed by atoms with Crippen LogP contribution in [0, 0.1) is 20.8 Å². The second kappa shape index (κ2) is 7.63. The molecule has 1 nitrogen and oxygen atoms in total.